The Kier molecular flexibility index (Phi) is 6.21. The van der Waals surface area contributed by atoms with E-state index in [4.69, 9.17) is 4.98 Å². The third-order valence-corrected chi connectivity index (χ3v) is 7.11. The monoisotopic (exact) mass is 459 g/mol. The normalized spacial score (nSPS) is 21.6. The SMILES string of the molecule is C=C(C)c1nc2c(c(C3CCCC3)c1C(O)c1ccc(C(F)(F)F)cc1)C(O)CC(C)(C)C2. The fourth-order valence-electron chi connectivity index (χ4n) is 5.62. The molecule has 4 rings (SSSR count). The van der Waals surface area contributed by atoms with Crippen LogP contribution in [0.1, 0.15) is 110 Å². The van der Waals surface area contributed by atoms with Crippen molar-refractivity contribution in [2.45, 2.75) is 83.6 Å². The fraction of sp³-hybridized carbons (Fsp3) is 0.519. The Labute approximate surface area is 193 Å². The Bertz CT molecular complexity index is 1050. The van der Waals surface area contributed by atoms with Gasteiger partial charge >= 0.3 is 6.18 Å². The second kappa shape index (κ2) is 8.55. The van der Waals surface area contributed by atoms with Crippen LogP contribution in [0.4, 0.5) is 13.2 Å². The molecule has 1 saturated carbocycles. The van der Waals surface area contributed by atoms with E-state index < -0.39 is 23.9 Å². The fourth-order valence-corrected chi connectivity index (χ4v) is 5.62. The third-order valence-electron chi connectivity index (χ3n) is 7.11. The molecule has 2 atom stereocenters. The zero-order chi connectivity index (χ0) is 24.1. The van der Waals surface area contributed by atoms with Gasteiger partial charge in [0.25, 0.3) is 0 Å². The van der Waals surface area contributed by atoms with Gasteiger partial charge in [0, 0.05) is 16.8 Å². The van der Waals surface area contributed by atoms with Gasteiger partial charge in [-0.25, -0.2) is 0 Å². The Morgan fingerprint density at radius 3 is 2.27 bits per heavy atom. The van der Waals surface area contributed by atoms with Gasteiger partial charge in [-0.15, -0.1) is 0 Å². The maximum absolute atomic E-state index is 13.1. The van der Waals surface area contributed by atoms with E-state index in [0.29, 0.717) is 28.8 Å². The van der Waals surface area contributed by atoms with Crippen molar-refractivity contribution in [2.75, 3.05) is 0 Å². The predicted octanol–water partition coefficient (Wildman–Crippen LogP) is 6.88. The topological polar surface area (TPSA) is 53.4 Å². The largest absolute Gasteiger partial charge is 0.416 e. The molecule has 2 aromatic rings. The van der Waals surface area contributed by atoms with Crippen LogP contribution >= 0.6 is 0 Å². The Balaban J connectivity index is 1.93. The van der Waals surface area contributed by atoms with E-state index >= 15 is 0 Å². The van der Waals surface area contributed by atoms with Gasteiger partial charge in [-0.2, -0.15) is 13.2 Å². The molecule has 0 amide bonds. The minimum Gasteiger partial charge on any atom is -0.388 e. The molecule has 0 radical (unpaired) electrons. The van der Waals surface area contributed by atoms with Gasteiger partial charge in [0.1, 0.15) is 6.10 Å². The van der Waals surface area contributed by atoms with E-state index in [2.05, 4.69) is 20.4 Å². The smallest absolute Gasteiger partial charge is 0.388 e. The van der Waals surface area contributed by atoms with Gasteiger partial charge in [0.2, 0.25) is 0 Å². The number of allylic oxidation sites excluding steroid dienone is 1. The molecule has 178 valence electrons. The second-order valence-electron chi connectivity index (χ2n) is 10.5. The summed E-state index contributed by atoms with van der Waals surface area (Å²) in [6.07, 6.45) is -0.919. The van der Waals surface area contributed by atoms with Crippen molar-refractivity contribution in [2.24, 2.45) is 5.41 Å². The maximum Gasteiger partial charge on any atom is 0.416 e. The standard InChI is InChI=1S/C27H32F3NO2/c1-15(2)24-23(25(33)17-9-11-18(12-10-17)27(28,29)30)21(16-7-5-6-8-16)22-19(31-24)13-26(3,4)14-20(22)32/h9-12,16,20,25,32-33H,1,5-8,13-14H2,2-4H3. The van der Waals surface area contributed by atoms with Crippen molar-refractivity contribution in [3.05, 3.63) is 70.0 Å². The molecular weight excluding hydrogens is 427 g/mol. The van der Waals surface area contributed by atoms with Crippen LogP contribution in [-0.4, -0.2) is 15.2 Å². The number of aliphatic hydroxyl groups excluding tert-OH is 2. The summed E-state index contributed by atoms with van der Waals surface area (Å²) in [5.74, 6) is 0.176. The molecule has 1 heterocycles. The number of nitrogens with zero attached hydrogens (tertiary/aromatic N) is 1. The van der Waals surface area contributed by atoms with Crippen LogP contribution in [0.25, 0.3) is 5.57 Å². The number of benzene rings is 1. The summed E-state index contributed by atoms with van der Waals surface area (Å²) in [7, 11) is 0. The first-order valence-corrected chi connectivity index (χ1v) is 11.6. The highest BCUT2D eigenvalue weighted by Crippen LogP contribution is 2.50. The highest BCUT2D eigenvalue weighted by atomic mass is 19.4. The minimum absolute atomic E-state index is 0.105. The first kappa shape index (κ1) is 24.0. The lowest BCUT2D eigenvalue weighted by Crippen LogP contribution is -2.30. The van der Waals surface area contributed by atoms with Crippen LogP contribution < -0.4 is 0 Å². The number of hydrogen-bond donors (Lipinski definition) is 2. The van der Waals surface area contributed by atoms with Crippen molar-refractivity contribution < 1.29 is 23.4 Å². The van der Waals surface area contributed by atoms with Gasteiger partial charge in [-0.1, -0.05) is 45.4 Å². The number of halogens is 3. The average Bonchev–Trinajstić information content (AvgIpc) is 3.25. The van der Waals surface area contributed by atoms with Crippen LogP contribution in [0, 0.1) is 5.41 Å². The molecule has 1 aromatic heterocycles. The Morgan fingerprint density at radius 1 is 1.12 bits per heavy atom. The van der Waals surface area contributed by atoms with Crippen LogP contribution in [0.3, 0.4) is 0 Å². The molecule has 0 saturated heterocycles. The average molecular weight is 460 g/mol. The maximum atomic E-state index is 13.1. The zero-order valence-corrected chi connectivity index (χ0v) is 19.5. The lowest BCUT2D eigenvalue weighted by Gasteiger charge is -2.38. The van der Waals surface area contributed by atoms with Crippen molar-refractivity contribution >= 4 is 5.57 Å². The number of pyridine rings is 1. The Hall–Kier alpha value is -2.18. The summed E-state index contributed by atoms with van der Waals surface area (Å²) in [6.45, 7) is 10.2. The minimum atomic E-state index is -4.44. The van der Waals surface area contributed by atoms with Crippen LogP contribution in [-0.2, 0) is 12.6 Å². The van der Waals surface area contributed by atoms with Crippen LogP contribution in [0.15, 0.2) is 30.8 Å². The second-order valence-corrected chi connectivity index (χ2v) is 10.5. The highest BCUT2D eigenvalue weighted by Gasteiger charge is 2.39. The number of hydrogen-bond acceptors (Lipinski definition) is 3. The zero-order valence-electron chi connectivity index (χ0n) is 19.5. The molecule has 33 heavy (non-hydrogen) atoms. The lowest BCUT2D eigenvalue weighted by molar-refractivity contribution is -0.137. The van der Waals surface area contributed by atoms with Crippen molar-refractivity contribution in [1.82, 2.24) is 4.98 Å². The molecule has 3 nitrogen and oxygen atoms in total. The first-order valence-electron chi connectivity index (χ1n) is 11.6. The first-order chi connectivity index (χ1) is 15.4. The van der Waals surface area contributed by atoms with Crippen molar-refractivity contribution in [3.63, 3.8) is 0 Å². The number of aromatic nitrogens is 1. The molecule has 6 heteroatoms. The summed E-state index contributed by atoms with van der Waals surface area (Å²) in [5.41, 5.74) is 3.98. The molecule has 0 spiro atoms. The van der Waals surface area contributed by atoms with Crippen molar-refractivity contribution in [3.8, 4) is 0 Å². The van der Waals surface area contributed by atoms with E-state index in [1.54, 1.807) is 0 Å². The molecule has 2 aliphatic rings. The van der Waals surface area contributed by atoms with Gasteiger partial charge in [-0.3, -0.25) is 4.98 Å². The molecule has 0 bridgehead atoms. The molecule has 1 fully saturated rings. The quantitative estimate of drug-likeness (QED) is 0.524. The summed E-state index contributed by atoms with van der Waals surface area (Å²) in [4.78, 5) is 4.89. The highest BCUT2D eigenvalue weighted by molar-refractivity contribution is 5.66. The van der Waals surface area contributed by atoms with E-state index in [0.717, 1.165) is 61.1 Å². The van der Waals surface area contributed by atoms with Crippen LogP contribution in [0.5, 0.6) is 0 Å². The number of rotatable bonds is 4. The van der Waals surface area contributed by atoms with Gasteiger partial charge in [0.15, 0.2) is 0 Å². The summed E-state index contributed by atoms with van der Waals surface area (Å²) in [6, 6.07) is 4.65. The summed E-state index contributed by atoms with van der Waals surface area (Å²) < 4.78 is 39.2. The molecule has 2 aliphatic carbocycles. The number of alkyl halides is 3. The van der Waals surface area contributed by atoms with Gasteiger partial charge in [0.05, 0.1) is 17.4 Å². The van der Waals surface area contributed by atoms with Gasteiger partial charge < -0.3 is 10.2 Å². The van der Waals surface area contributed by atoms with Gasteiger partial charge in [-0.05, 0) is 72.8 Å². The molecule has 0 aliphatic heterocycles. The Morgan fingerprint density at radius 2 is 1.73 bits per heavy atom. The van der Waals surface area contributed by atoms with E-state index in [1.165, 1.54) is 12.1 Å². The predicted molar refractivity (Wildman–Crippen MR) is 123 cm³/mol. The van der Waals surface area contributed by atoms with E-state index in [1.807, 2.05) is 6.92 Å². The molecular formula is C27H32F3NO2. The number of fused-ring (bicyclic) bond motifs is 1. The summed E-state index contributed by atoms with van der Waals surface area (Å²) >= 11 is 0. The molecule has 1 aromatic carbocycles. The van der Waals surface area contributed by atoms with E-state index in [-0.39, 0.29) is 11.3 Å². The van der Waals surface area contributed by atoms with Crippen LogP contribution in [0.2, 0.25) is 0 Å². The number of aliphatic hydroxyl groups is 2. The molecule has 2 N–H and O–H groups in total. The lowest BCUT2D eigenvalue weighted by atomic mass is 9.70. The third kappa shape index (κ3) is 4.60. The molecule has 2 unspecified atom stereocenters. The summed E-state index contributed by atoms with van der Waals surface area (Å²) in [5, 5.41) is 22.7. The van der Waals surface area contributed by atoms with Crippen molar-refractivity contribution in [1.29, 1.82) is 0 Å². The van der Waals surface area contributed by atoms with E-state index in [9.17, 15) is 23.4 Å².